The highest BCUT2D eigenvalue weighted by Crippen LogP contribution is 2.24. The quantitative estimate of drug-likeness (QED) is 0.302. The SMILES string of the molecule is CC(C)(C)c1cc(NC(=O)Nc2ccc(C#CC3=NC4N=CC(OCCCN5CCCCC5)=C[N+]4=C3)cc2)no1. The molecule has 0 spiro atoms. The Morgan fingerprint density at radius 3 is 2.70 bits per heavy atom. The molecule has 1 fully saturated rings. The van der Waals surface area contributed by atoms with Crippen LogP contribution in [0.5, 0.6) is 0 Å². The van der Waals surface area contributed by atoms with Crippen molar-refractivity contribution in [1.29, 1.82) is 0 Å². The number of anilines is 2. The fourth-order valence-corrected chi connectivity index (χ4v) is 4.51. The van der Waals surface area contributed by atoms with Gasteiger partial charge in [-0.05, 0) is 62.5 Å². The number of aliphatic imine (C=N–C) groups is 2. The Balaban J connectivity index is 1.09. The molecule has 2 aromatic rings. The lowest BCUT2D eigenvalue weighted by Crippen LogP contribution is -2.31. The van der Waals surface area contributed by atoms with Gasteiger partial charge in [0.05, 0.1) is 12.8 Å². The van der Waals surface area contributed by atoms with Gasteiger partial charge in [-0.3, -0.25) is 5.32 Å². The molecule has 1 aromatic carbocycles. The van der Waals surface area contributed by atoms with Gasteiger partial charge in [-0.1, -0.05) is 38.3 Å². The Labute approximate surface area is 234 Å². The van der Waals surface area contributed by atoms with Crippen molar-refractivity contribution in [3.8, 4) is 11.8 Å². The van der Waals surface area contributed by atoms with Gasteiger partial charge in [0.1, 0.15) is 5.76 Å². The number of nitrogens with zero attached hydrogens (tertiary/aromatic N) is 5. The van der Waals surface area contributed by atoms with Gasteiger partial charge < -0.3 is 19.5 Å². The third-order valence-electron chi connectivity index (χ3n) is 6.71. The van der Waals surface area contributed by atoms with Gasteiger partial charge in [-0.15, -0.1) is 0 Å². The minimum absolute atomic E-state index is 0.190. The predicted molar refractivity (Wildman–Crippen MR) is 156 cm³/mol. The standard InChI is InChI=1S/C30H35N7O3/c1-30(2,3)26-18-27(35-40-26)34-29(38)33-23-11-8-22(9-12-23)10-13-24-20-37-21-25(19-31-28(37)32-24)39-17-7-16-36-14-5-4-6-15-36/h8-9,11-12,18-21,28H,4-7,14-17H2,1-3H3,(H-,32,33,34,35,38)/p+1. The number of ether oxygens (including phenoxy) is 1. The Hall–Kier alpha value is -4.23. The van der Waals surface area contributed by atoms with E-state index in [0.717, 1.165) is 24.3 Å². The third kappa shape index (κ3) is 7.45. The van der Waals surface area contributed by atoms with E-state index in [2.05, 4.69) is 42.5 Å². The van der Waals surface area contributed by atoms with Crippen LogP contribution in [0.25, 0.3) is 0 Å². The van der Waals surface area contributed by atoms with Gasteiger partial charge in [-0.2, -0.15) is 14.6 Å². The Bertz CT molecular complexity index is 1400. The molecule has 208 valence electrons. The molecular formula is C30H36N7O3+. The number of likely N-dealkylation sites (tertiary alicyclic amines) is 1. The molecule has 10 heteroatoms. The highest BCUT2D eigenvalue weighted by atomic mass is 16.5. The Morgan fingerprint density at radius 1 is 1.15 bits per heavy atom. The molecular weight excluding hydrogens is 506 g/mol. The monoisotopic (exact) mass is 542 g/mol. The van der Waals surface area contributed by atoms with Crippen LogP contribution in [0.2, 0.25) is 0 Å². The smallest absolute Gasteiger partial charge is 0.352 e. The first-order chi connectivity index (χ1) is 19.3. The molecule has 4 heterocycles. The number of carbonyl (C=O) groups excluding carboxylic acids is 1. The highest BCUT2D eigenvalue weighted by Gasteiger charge is 2.28. The molecule has 3 aliphatic heterocycles. The molecule has 0 bridgehead atoms. The molecule has 1 unspecified atom stereocenters. The third-order valence-corrected chi connectivity index (χ3v) is 6.71. The van der Waals surface area contributed by atoms with E-state index in [-0.39, 0.29) is 11.7 Å². The van der Waals surface area contributed by atoms with Crippen molar-refractivity contribution in [3.05, 3.63) is 53.6 Å². The fourth-order valence-electron chi connectivity index (χ4n) is 4.51. The van der Waals surface area contributed by atoms with Crippen LogP contribution in [0.3, 0.4) is 0 Å². The summed E-state index contributed by atoms with van der Waals surface area (Å²) in [5.74, 6) is 8.01. The summed E-state index contributed by atoms with van der Waals surface area (Å²) in [4.78, 5) is 23.9. The lowest BCUT2D eigenvalue weighted by atomic mass is 9.93. The normalized spacial score (nSPS) is 18.6. The summed E-state index contributed by atoms with van der Waals surface area (Å²) in [7, 11) is 0. The predicted octanol–water partition coefficient (Wildman–Crippen LogP) is 4.61. The van der Waals surface area contributed by atoms with Crippen LogP contribution >= 0.6 is 0 Å². The average Bonchev–Trinajstić information content (AvgIpc) is 3.58. The lowest BCUT2D eigenvalue weighted by molar-refractivity contribution is -0.489. The fraction of sp³-hybridized carbons (Fsp3) is 0.433. The number of carbonyl (C=O) groups is 1. The van der Waals surface area contributed by atoms with E-state index in [1.54, 1.807) is 24.4 Å². The molecule has 0 saturated carbocycles. The van der Waals surface area contributed by atoms with E-state index in [9.17, 15) is 4.79 Å². The summed E-state index contributed by atoms with van der Waals surface area (Å²) < 4.78 is 13.1. The first-order valence-electron chi connectivity index (χ1n) is 13.8. The van der Waals surface area contributed by atoms with Gasteiger partial charge in [-0.25, -0.2) is 4.79 Å². The first kappa shape index (κ1) is 27.3. The van der Waals surface area contributed by atoms with Crippen molar-refractivity contribution >= 4 is 35.7 Å². The van der Waals surface area contributed by atoms with Crippen molar-refractivity contribution in [2.24, 2.45) is 9.98 Å². The number of hydrogen-bond acceptors (Lipinski definition) is 7. The van der Waals surface area contributed by atoms with Crippen molar-refractivity contribution in [2.45, 2.75) is 58.2 Å². The highest BCUT2D eigenvalue weighted by molar-refractivity contribution is 6.38. The second-order valence-corrected chi connectivity index (χ2v) is 11.1. The number of allylic oxidation sites excluding steroid dienone is 1. The number of hydrogen-bond donors (Lipinski definition) is 2. The number of fused-ring (bicyclic) bond motifs is 1. The van der Waals surface area contributed by atoms with Gasteiger partial charge in [0.2, 0.25) is 18.2 Å². The molecule has 10 nitrogen and oxygen atoms in total. The van der Waals surface area contributed by atoms with Gasteiger partial charge in [0.25, 0.3) is 0 Å². The van der Waals surface area contributed by atoms with E-state index in [1.807, 2.05) is 49.9 Å². The second kappa shape index (κ2) is 12.3. The zero-order valence-electron chi connectivity index (χ0n) is 23.3. The summed E-state index contributed by atoms with van der Waals surface area (Å²) in [5, 5.41) is 9.36. The summed E-state index contributed by atoms with van der Waals surface area (Å²) >= 11 is 0. The van der Waals surface area contributed by atoms with E-state index < -0.39 is 6.03 Å². The van der Waals surface area contributed by atoms with Crippen molar-refractivity contribution < 1.29 is 18.6 Å². The largest absolute Gasteiger partial charge is 0.486 e. The van der Waals surface area contributed by atoms with E-state index in [1.165, 1.54) is 32.4 Å². The van der Waals surface area contributed by atoms with Crippen LogP contribution in [0, 0.1) is 11.8 Å². The summed E-state index contributed by atoms with van der Waals surface area (Å²) in [5.41, 5.74) is 1.89. The maximum atomic E-state index is 12.3. The van der Waals surface area contributed by atoms with Crippen LogP contribution in [-0.2, 0) is 10.2 Å². The molecule has 2 amide bonds. The van der Waals surface area contributed by atoms with Crippen LogP contribution in [0.15, 0.2) is 56.8 Å². The molecule has 3 aliphatic rings. The zero-order chi connectivity index (χ0) is 28.0. The lowest BCUT2D eigenvalue weighted by Gasteiger charge is -2.26. The van der Waals surface area contributed by atoms with Crippen LogP contribution in [0.1, 0.15) is 57.8 Å². The van der Waals surface area contributed by atoms with Gasteiger partial charge >= 0.3 is 12.3 Å². The summed E-state index contributed by atoms with van der Waals surface area (Å²) in [6.45, 7) is 10.2. The minimum Gasteiger partial charge on any atom is -0.486 e. The summed E-state index contributed by atoms with van der Waals surface area (Å²) in [6.07, 6.45) is 10.2. The van der Waals surface area contributed by atoms with E-state index in [4.69, 9.17) is 9.26 Å². The molecule has 2 N–H and O–H groups in total. The molecule has 0 radical (unpaired) electrons. The van der Waals surface area contributed by atoms with Gasteiger partial charge in [0.15, 0.2) is 11.5 Å². The maximum Gasteiger partial charge on any atom is 0.352 e. The first-order valence-corrected chi connectivity index (χ1v) is 13.8. The molecule has 1 atom stereocenters. The van der Waals surface area contributed by atoms with Crippen molar-refractivity contribution in [2.75, 3.05) is 36.9 Å². The van der Waals surface area contributed by atoms with E-state index in [0.29, 0.717) is 29.6 Å². The second-order valence-electron chi connectivity index (χ2n) is 11.1. The minimum atomic E-state index is -0.405. The number of amides is 2. The number of nitrogens with one attached hydrogen (secondary N) is 2. The molecule has 40 heavy (non-hydrogen) atoms. The van der Waals surface area contributed by atoms with Crippen LogP contribution in [0.4, 0.5) is 16.3 Å². The van der Waals surface area contributed by atoms with Crippen LogP contribution in [-0.4, -0.2) is 71.3 Å². The number of piperidine rings is 1. The molecule has 1 saturated heterocycles. The zero-order valence-corrected chi connectivity index (χ0v) is 23.3. The Morgan fingerprint density at radius 2 is 1.95 bits per heavy atom. The number of rotatable bonds is 7. The van der Waals surface area contributed by atoms with Crippen LogP contribution < -0.4 is 10.6 Å². The maximum absolute atomic E-state index is 12.3. The number of urea groups is 1. The van der Waals surface area contributed by atoms with E-state index >= 15 is 0 Å². The van der Waals surface area contributed by atoms with Gasteiger partial charge in [0, 0.05) is 29.3 Å². The molecule has 5 rings (SSSR count). The average molecular weight is 543 g/mol. The molecule has 0 aliphatic carbocycles. The Kier molecular flexibility index (Phi) is 8.41. The number of benzene rings is 1. The molecule has 1 aromatic heterocycles. The van der Waals surface area contributed by atoms with Crippen molar-refractivity contribution in [1.82, 2.24) is 10.1 Å². The number of aromatic nitrogens is 1. The summed E-state index contributed by atoms with van der Waals surface area (Å²) in [6, 6.07) is 8.58. The topological polar surface area (TPSA) is 107 Å². The van der Waals surface area contributed by atoms with Crippen molar-refractivity contribution in [3.63, 3.8) is 0 Å².